The lowest BCUT2D eigenvalue weighted by molar-refractivity contribution is -0.131. The van der Waals surface area contributed by atoms with Gasteiger partial charge in [0.15, 0.2) is 0 Å². The highest BCUT2D eigenvalue weighted by atomic mass is 19.1. The molecule has 216 valence electrons. The number of amides is 4. The minimum atomic E-state index is -0.958. The first-order chi connectivity index (χ1) is 19.8. The number of aromatic nitrogens is 1. The number of nitrogens with two attached hydrogens (primary N) is 1. The molecule has 0 radical (unpaired) electrons. The van der Waals surface area contributed by atoms with Crippen molar-refractivity contribution in [3.63, 3.8) is 0 Å². The number of urea groups is 1. The summed E-state index contributed by atoms with van der Waals surface area (Å²) in [4.78, 5) is 45.7. The Kier molecular flexibility index (Phi) is 10.0. The zero-order valence-corrected chi connectivity index (χ0v) is 23.1. The van der Waals surface area contributed by atoms with Crippen molar-refractivity contribution in [2.45, 2.75) is 44.2 Å². The molecular formula is C31H36FN5O4. The van der Waals surface area contributed by atoms with Crippen LogP contribution in [-0.2, 0) is 16.1 Å². The second kappa shape index (κ2) is 13.8. The van der Waals surface area contributed by atoms with Crippen molar-refractivity contribution in [3.05, 3.63) is 95.6 Å². The molecule has 1 aliphatic rings. The van der Waals surface area contributed by atoms with Crippen LogP contribution in [0.4, 0.5) is 14.9 Å². The smallest absolute Gasteiger partial charge is 0.324 e. The van der Waals surface area contributed by atoms with E-state index < -0.39 is 17.8 Å². The van der Waals surface area contributed by atoms with Crippen molar-refractivity contribution >= 4 is 23.5 Å². The first kappa shape index (κ1) is 29.7. The third kappa shape index (κ3) is 7.46. The summed E-state index contributed by atoms with van der Waals surface area (Å²) >= 11 is 0. The molecular weight excluding hydrogens is 525 g/mol. The predicted octanol–water partition coefficient (Wildman–Crippen LogP) is 3.89. The molecule has 1 fully saturated rings. The first-order valence-electron chi connectivity index (χ1n) is 13.8. The Labute approximate surface area is 239 Å². The first-order valence-corrected chi connectivity index (χ1v) is 13.8. The number of halogens is 1. The standard InChI is InChI=1S/C31H36FN5O4/c1-36(17-18-38)31(41)37(25-14-12-24(32)13-15-25)20-21-8-10-22(11-9-21)26-6-2-3-7-27(26)30(40)35-28(29(33)39)23-5-4-16-34-19-23/h4-5,8-16,19,26-28,38H,2-3,6-7,17-18,20H2,1H3,(H2,33,39)(H,35,40)/t26-,27+,28-/m0/s1. The van der Waals surface area contributed by atoms with Crippen LogP contribution >= 0.6 is 0 Å². The monoisotopic (exact) mass is 561 g/mol. The summed E-state index contributed by atoms with van der Waals surface area (Å²) in [5.74, 6) is -1.62. The van der Waals surface area contributed by atoms with Crippen molar-refractivity contribution < 1.29 is 23.9 Å². The van der Waals surface area contributed by atoms with Crippen molar-refractivity contribution in [2.24, 2.45) is 11.7 Å². The maximum absolute atomic E-state index is 13.6. The van der Waals surface area contributed by atoms with Crippen LogP contribution < -0.4 is 16.0 Å². The van der Waals surface area contributed by atoms with E-state index in [1.807, 2.05) is 24.3 Å². The fourth-order valence-electron chi connectivity index (χ4n) is 5.35. The summed E-state index contributed by atoms with van der Waals surface area (Å²) in [6.45, 7) is 0.227. The quantitative estimate of drug-likeness (QED) is 0.346. The summed E-state index contributed by atoms with van der Waals surface area (Å²) < 4.78 is 13.6. The van der Waals surface area contributed by atoms with E-state index in [-0.39, 0.29) is 43.5 Å². The molecule has 1 saturated carbocycles. The van der Waals surface area contributed by atoms with Crippen LogP contribution in [0.25, 0.3) is 0 Å². The molecule has 1 aliphatic carbocycles. The number of likely N-dealkylation sites (N-methyl/N-ethyl adjacent to an activating group) is 1. The number of hydrogen-bond acceptors (Lipinski definition) is 5. The zero-order chi connectivity index (χ0) is 29.4. The molecule has 4 rings (SSSR count). The van der Waals surface area contributed by atoms with Gasteiger partial charge in [0, 0.05) is 43.2 Å². The molecule has 2 aromatic carbocycles. The maximum atomic E-state index is 13.6. The van der Waals surface area contributed by atoms with Crippen LogP contribution in [-0.4, -0.2) is 53.0 Å². The summed E-state index contributed by atoms with van der Waals surface area (Å²) in [5, 5.41) is 12.1. The van der Waals surface area contributed by atoms with Gasteiger partial charge in [-0.2, -0.15) is 0 Å². The van der Waals surface area contributed by atoms with E-state index in [9.17, 15) is 23.9 Å². The van der Waals surface area contributed by atoms with Gasteiger partial charge in [-0.25, -0.2) is 9.18 Å². The molecule has 1 aromatic heterocycles. The lowest BCUT2D eigenvalue weighted by atomic mass is 9.74. The molecule has 10 heteroatoms. The van der Waals surface area contributed by atoms with Crippen molar-refractivity contribution in [1.82, 2.24) is 15.2 Å². The van der Waals surface area contributed by atoms with Gasteiger partial charge in [-0.3, -0.25) is 19.5 Å². The summed E-state index contributed by atoms with van der Waals surface area (Å²) in [6, 6.07) is 15.6. The second-order valence-electron chi connectivity index (χ2n) is 10.4. The molecule has 3 aromatic rings. The molecule has 41 heavy (non-hydrogen) atoms. The Morgan fingerprint density at radius 1 is 1.07 bits per heavy atom. The second-order valence-corrected chi connectivity index (χ2v) is 10.4. The van der Waals surface area contributed by atoms with E-state index in [1.54, 1.807) is 37.5 Å². The number of aliphatic hydroxyl groups excluding tert-OH is 1. The molecule has 0 bridgehead atoms. The van der Waals surface area contributed by atoms with E-state index in [0.29, 0.717) is 17.7 Å². The molecule has 0 unspecified atom stereocenters. The maximum Gasteiger partial charge on any atom is 0.324 e. The minimum Gasteiger partial charge on any atom is -0.395 e. The Morgan fingerprint density at radius 2 is 1.78 bits per heavy atom. The van der Waals surface area contributed by atoms with Crippen molar-refractivity contribution in [2.75, 3.05) is 25.1 Å². The number of rotatable bonds is 10. The summed E-state index contributed by atoms with van der Waals surface area (Å²) in [6.07, 6.45) is 6.54. The Balaban J connectivity index is 1.51. The topological polar surface area (TPSA) is 129 Å². The number of hydrogen-bond donors (Lipinski definition) is 3. The van der Waals surface area contributed by atoms with Crippen molar-refractivity contribution in [1.29, 1.82) is 0 Å². The van der Waals surface area contributed by atoms with Gasteiger partial charge in [0.25, 0.3) is 0 Å². The van der Waals surface area contributed by atoms with Gasteiger partial charge < -0.3 is 21.1 Å². The van der Waals surface area contributed by atoms with Crippen LogP contribution in [0.5, 0.6) is 0 Å². The number of pyridine rings is 1. The number of carbonyl (C=O) groups is 3. The van der Waals surface area contributed by atoms with Gasteiger partial charge in [-0.15, -0.1) is 0 Å². The van der Waals surface area contributed by atoms with Crippen molar-refractivity contribution in [3.8, 4) is 0 Å². The third-order valence-electron chi connectivity index (χ3n) is 7.57. The van der Waals surface area contributed by atoms with Crippen LogP contribution in [0.3, 0.4) is 0 Å². The van der Waals surface area contributed by atoms with Gasteiger partial charge in [-0.05, 0) is 60.2 Å². The SMILES string of the molecule is CN(CCO)C(=O)N(Cc1ccc([C@@H]2CCCC[C@H]2C(=O)N[C@H](C(N)=O)c2cccnc2)cc1)c1ccc(F)cc1. The number of nitrogens with one attached hydrogen (secondary N) is 1. The third-order valence-corrected chi connectivity index (χ3v) is 7.57. The lowest BCUT2D eigenvalue weighted by Crippen LogP contribution is -2.42. The number of aliphatic hydroxyl groups is 1. The van der Waals surface area contributed by atoms with Crippen LogP contribution in [0.15, 0.2) is 73.1 Å². The Hall–Kier alpha value is -4.31. The average Bonchev–Trinajstić information content (AvgIpc) is 2.99. The fourth-order valence-corrected chi connectivity index (χ4v) is 5.35. The lowest BCUT2D eigenvalue weighted by Gasteiger charge is -2.32. The molecule has 4 amide bonds. The van der Waals surface area contributed by atoms with Crippen LogP contribution in [0.2, 0.25) is 0 Å². The van der Waals surface area contributed by atoms with Gasteiger partial charge in [-0.1, -0.05) is 43.2 Å². The van der Waals surface area contributed by atoms with E-state index in [2.05, 4.69) is 10.3 Å². The Bertz CT molecular complexity index is 1320. The molecule has 0 saturated heterocycles. The van der Waals surface area contributed by atoms with Crippen LogP contribution in [0.1, 0.15) is 54.3 Å². The average molecular weight is 562 g/mol. The van der Waals surface area contributed by atoms with Gasteiger partial charge in [0.1, 0.15) is 11.9 Å². The van der Waals surface area contributed by atoms with E-state index in [0.717, 1.165) is 30.4 Å². The molecule has 1 heterocycles. The molecule has 3 atom stereocenters. The fraction of sp³-hybridized carbons (Fsp3) is 0.355. The summed E-state index contributed by atoms with van der Waals surface area (Å²) in [7, 11) is 1.60. The number of anilines is 1. The number of carbonyl (C=O) groups excluding carboxylic acids is 3. The minimum absolute atomic E-state index is 0.0363. The van der Waals surface area contributed by atoms with Gasteiger partial charge >= 0.3 is 6.03 Å². The predicted molar refractivity (Wildman–Crippen MR) is 153 cm³/mol. The highest BCUT2D eigenvalue weighted by Gasteiger charge is 2.34. The molecule has 4 N–H and O–H groups in total. The normalized spacial score (nSPS) is 17.3. The number of primary amides is 1. The summed E-state index contributed by atoms with van der Waals surface area (Å²) in [5.41, 5.74) is 8.54. The van der Waals surface area contributed by atoms with E-state index in [4.69, 9.17) is 5.73 Å². The Morgan fingerprint density at radius 3 is 2.41 bits per heavy atom. The van der Waals surface area contributed by atoms with E-state index in [1.165, 1.54) is 28.1 Å². The largest absolute Gasteiger partial charge is 0.395 e. The van der Waals surface area contributed by atoms with Gasteiger partial charge in [0.2, 0.25) is 11.8 Å². The van der Waals surface area contributed by atoms with E-state index >= 15 is 0 Å². The van der Waals surface area contributed by atoms with Gasteiger partial charge in [0.05, 0.1) is 13.2 Å². The molecule has 9 nitrogen and oxygen atoms in total. The highest BCUT2D eigenvalue weighted by Crippen LogP contribution is 2.38. The number of benzene rings is 2. The number of nitrogens with zero attached hydrogens (tertiary/aromatic N) is 3. The molecule has 0 aliphatic heterocycles. The molecule has 0 spiro atoms. The zero-order valence-electron chi connectivity index (χ0n) is 23.1. The highest BCUT2D eigenvalue weighted by molar-refractivity contribution is 5.92. The van der Waals surface area contributed by atoms with Crippen LogP contribution in [0, 0.1) is 11.7 Å².